The Hall–Kier alpha value is -2.90. The predicted octanol–water partition coefficient (Wildman–Crippen LogP) is 1.84. The Labute approximate surface area is 137 Å². The van der Waals surface area contributed by atoms with Crippen molar-refractivity contribution in [1.82, 2.24) is 14.6 Å². The van der Waals surface area contributed by atoms with E-state index in [2.05, 4.69) is 10.1 Å². The number of benzene rings is 1. The van der Waals surface area contributed by atoms with E-state index in [0.717, 1.165) is 16.7 Å². The van der Waals surface area contributed by atoms with Crippen molar-refractivity contribution in [3.05, 3.63) is 48.7 Å². The minimum absolute atomic E-state index is 0.141. The van der Waals surface area contributed by atoms with Crippen LogP contribution in [-0.4, -0.2) is 39.0 Å². The van der Waals surface area contributed by atoms with Gasteiger partial charge >= 0.3 is 0 Å². The molecule has 4 aromatic rings. The molecule has 1 unspecified atom stereocenters. The molecule has 7 heteroatoms. The molecule has 122 valence electrons. The number of aliphatic hydroxyl groups excluding tert-OH is 1. The third-order valence-corrected chi connectivity index (χ3v) is 3.70. The molecule has 3 heterocycles. The Kier molecular flexibility index (Phi) is 3.64. The highest BCUT2D eigenvalue weighted by molar-refractivity contribution is 5.82. The zero-order valence-electron chi connectivity index (χ0n) is 12.8. The first kappa shape index (κ1) is 14.7. The van der Waals surface area contributed by atoms with E-state index in [1.165, 1.54) is 0 Å². The third kappa shape index (κ3) is 2.60. The summed E-state index contributed by atoms with van der Waals surface area (Å²) in [4.78, 5) is 4.34. The molecular formula is C17H16N4O3. The molecule has 0 bridgehead atoms. The largest absolute Gasteiger partial charge is 0.475 e. The normalized spacial score (nSPS) is 12.8. The number of para-hydroxylation sites is 1. The highest BCUT2D eigenvalue weighted by Gasteiger charge is 2.13. The average Bonchev–Trinajstić information content (AvgIpc) is 3.22. The molecule has 0 fully saturated rings. The topological polar surface area (TPSA) is 98.8 Å². The number of hydrogen-bond donors (Lipinski definition) is 2. The van der Waals surface area contributed by atoms with Gasteiger partial charge in [-0.05, 0) is 18.2 Å². The third-order valence-electron chi connectivity index (χ3n) is 3.70. The van der Waals surface area contributed by atoms with Gasteiger partial charge in [-0.15, -0.1) is 5.10 Å². The van der Waals surface area contributed by atoms with Crippen molar-refractivity contribution in [3.8, 4) is 17.3 Å². The van der Waals surface area contributed by atoms with E-state index < -0.39 is 6.04 Å². The number of furan rings is 1. The van der Waals surface area contributed by atoms with Crippen molar-refractivity contribution in [1.29, 1.82) is 0 Å². The van der Waals surface area contributed by atoms with Gasteiger partial charge < -0.3 is 20.0 Å². The van der Waals surface area contributed by atoms with Gasteiger partial charge in [0, 0.05) is 11.5 Å². The summed E-state index contributed by atoms with van der Waals surface area (Å²) < 4.78 is 13.1. The number of nitrogens with zero attached hydrogens (tertiary/aromatic N) is 3. The summed E-state index contributed by atoms with van der Waals surface area (Å²) >= 11 is 0. The van der Waals surface area contributed by atoms with Crippen LogP contribution in [0.4, 0.5) is 0 Å². The first-order valence-electron chi connectivity index (χ1n) is 7.57. The lowest BCUT2D eigenvalue weighted by atomic mass is 10.2. The summed E-state index contributed by atoms with van der Waals surface area (Å²) in [6.45, 7) is 0.0429. The number of aliphatic hydroxyl groups is 1. The fourth-order valence-electron chi connectivity index (χ4n) is 2.45. The van der Waals surface area contributed by atoms with Crippen LogP contribution in [0, 0.1) is 0 Å². The Morgan fingerprint density at radius 2 is 2.12 bits per heavy atom. The summed E-state index contributed by atoms with van der Waals surface area (Å²) in [6, 6.07) is 12.8. The van der Waals surface area contributed by atoms with Crippen molar-refractivity contribution in [2.24, 2.45) is 5.73 Å². The summed E-state index contributed by atoms with van der Waals surface area (Å²) in [7, 11) is 0. The highest BCUT2D eigenvalue weighted by atomic mass is 16.5. The Morgan fingerprint density at radius 3 is 2.96 bits per heavy atom. The summed E-state index contributed by atoms with van der Waals surface area (Å²) in [5, 5.41) is 14.4. The molecule has 3 aromatic heterocycles. The average molecular weight is 324 g/mol. The molecule has 24 heavy (non-hydrogen) atoms. The maximum atomic E-state index is 8.96. The van der Waals surface area contributed by atoms with Crippen LogP contribution in [0.2, 0.25) is 0 Å². The molecule has 4 rings (SSSR count). The highest BCUT2D eigenvalue weighted by Crippen LogP contribution is 2.28. The van der Waals surface area contributed by atoms with Gasteiger partial charge in [0.05, 0.1) is 18.8 Å². The van der Waals surface area contributed by atoms with Gasteiger partial charge in [-0.25, -0.2) is 9.50 Å². The predicted molar refractivity (Wildman–Crippen MR) is 88.8 cm³/mol. The standard InChI is InChI=1S/C17H16N4O3/c18-12(9-22)10-23-17-6-5-16-19-8-13(21(16)20-17)15-7-11-3-1-2-4-14(11)24-15/h1-8,12,22H,9-10,18H2. The summed E-state index contributed by atoms with van der Waals surface area (Å²) in [5.74, 6) is 1.09. The number of hydrogen-bond acceptors (Lipinski definition) is 6. The molecule has 0 amide bonds. The lowest BCUT2D eigenvalue weighted by molar-refractivity contribution is 0.201. The van der Waals surface area contributed by atoms with E-state index >= 15 is 0 Å². The quantitative estimate of drug-likeness (QED) is 0.581. The number of fused-ring (bicyclic) bond motifs is 2. The molecule has 0 saturated heterocycles. The molecule has 1 aromatic carbocycles. The second kappa shape index (κ2) is 5.95. The van der Waals surface area contributed by atoms with Crippen molar-refractivity contribution in [3.63, 3.8) is 0 Å². The Balaban J connectivity index is 1.72. The van der Waals surface area contributed by atoms with Crippen molar-refractivity contribution in [2.75, 3.05) is 13.2 Å². The molecule has 0 radical (unpaired) electrons. The molecular weight excluding hydrogens is 308 g/mol. The van der Waals surface area contributed by atoms with Crippen LogP contribution < -0.4 is 10.5 Å². The second-order valence-electron chi connectivity index (χ2n) is 5.49. The van der Waals surface area contributed by atoms with Gasteiger partial charge in [0.15, 0.2) is 11.4 Å². The number of ether oxygens (including phenoxy) is 1. The molecule has 0 saturated carbocycles. The van der Waals surface area contributed by atoms with Gasteiger partial charge in [0.25, 0.3) is 0 Å². The van der Waals surface area contributed by atoms with Gasteiger partial charge in [-0.3, -0.25) is 0 Å². The van der Waals surface area contributed by atoms with Crippen LogP contribution in [0.3, 0.4) is 0 Å². The summed E-state index contributed by atoms with van der Waals surface area (Å²) in [6.07, 6.45) is 1.71. The van der Waals surface area contributed by atoms with E-state index in [1.54, 1.807) is 22.8 Å². The van der Waals surface area contributed by atoms with Crippen LogP contribution in [0.5, 0.6) is 5.88 Å². The van der Waals surface area contributed by atoms with Crippen LogP contribution in [0.15, 0.2) is 53.1 Å². The van der Waals surface area contributed by atoms with Crippen LogP contribution in [-0.2, 0) is 0 Å². The van der Waals surface area contributed by atoms with Gasteiger partial charge in [0.1, 0.15) is 17.9 Å². The van der Waals surface area contributed by atoms with Gasteiger partial charge in [-0.1, -0.05) is 18.2 Å². The smallest absolute Gasteiger partial charge is 0.231 e. The molecule has 0 aliphatic rings. The number of aromatic nitrogens is 3. The maximum absolute atomic E-state index is 8.96. The van der Waals surface area contributed by atoms with E-state index in [0.29, 0.717) is 17.3 Å². The van der Waals surface area contributed by atoms with Crippen molar-refractivity contribution < 1.29 is 14.3 Å². The van der Waals surface area contributed by atoms with Crippen LogP contribution >= 0.6 is 0 Å². The first-order chi connectivity index (χ1) is 11.7. The Bertz CT molecular complexity index is 959. The van der Waals surface area contributed by atoms with E-state index in [4.69, 9.17) is 20.0 Å². The molecule has 0 aliphatic carbocycles. The SMILES string of the molecule is NC(CO)COc1ccc2ncc(-c3cc4ccccc4o3)n2n1. The number of imidazole rings is 1. The van der Waals surface area contributed by atoms with Crippen LogP contribution in [0.1, 0.15) is 0 Å². The van der Waals surface area contributed by atoms with Gasteiger partial charge in [0.2, 0.25) is 5.88 Å². The molecule has 7 nitrogen and oxygen atoms in total. The first-order valence-corrected chi connectivity index (χ1v) is 7.57. The lowest BCUT2D eigenvalue weighted by Crippen LogP contribution is -2.31. The van der Waals surface area contributed by atoms with Gasteiger partial charge in [-0.2, -0.15) is 0 Å². The Morgan fingerprint density at radius 1 is 1.25 bits per heavy atom. The van der Waals surface area contributed by atoms with Crippen molar-refractivity contribution in [2.45, 2.75) is 6.04 Å². The minimum atomic E-state index is -0.444. The van der Waals surface area contributed by atoms with E-state index in [1.807, 2.05) is 30.3 Å². The van der Waals surface area contributed by atoms with Crippen molar-refractivity contribution >= 4 is 16.6 Å². The number of nitrogens with two attached hydrogens (primary N) is 1. The minimum Gasteiger partial charge on any atom is -0.475 e. The number of rotatable bonds is 5. The zero-order chi connectivity index (χ0) is 16.5. The van der Waals surface area contributed by atoms with Crippen LogP contribution in [0.25, 0.3) is 28.1 Å². The molecule has 1 atom stereocenters. The fraction of sp³-hybridized carbons (Fsp3) is 0.176. The molecule has 0 aliphatic heterocycles. The zero-order valence-corrected chi connectivity index (χ0v) is 12.8. The lowest BCUT2D eigenvalue weighted by Gasteiger charge is -2.09. The maximum Gasteiger partial charge on any atom is 0.231 e. The molecule has 3 N–H and O–H groups in total. The van der Waals surface area contributed by atoms with E-state index in [9.17, 15) is 0 Å². The van der Waals surface area contributed by atoms with E-state index in [-0.39, 0.29) is 13.2 Å². The molecule has 0 spiro atoms. The summed E-state index contributed by atoms with van der Waals surface area (Å²) in [5.41, 5.74) is 7.87. The fourth-order valence-corrected chi connectivity index (χ4v) is 2.45. The second-order valence-corrected chi connectivity index (χ2v) is 5.49. The monoisotopic (exact) mass is 324 g/mol.